The molecule has 3 aromatic rings. The maximum Gasteiger partial charge on any atom is 0.222 e. The second-order valence-corrected chi connectivity index (χ2v) is 6.86. The van der Waals surface area contributed by atoms with E-state index in [4.69, 9.17) is 10.5 Å². The molecule has 0 fully saturated rings. The van der Waals surface area contributed by atoms with Gasteiger partial charge in [-0.25, -0.2) is 8.42 Å². The summed E-state index contributed by atoms with van der Waals surface area (Å²) in [5.41, 5.74) is 7.46. The molecule has 0 amide bonds. The van der Waals surface area contributed by atoms with Crippen molar-refractivity contribution in [3.05, 3.63) is 54.2 Å². The first kappa shape index (κ1) is 14.5. The quantitative estimate of drug-likeness (QED) is 0.754. The van der Waals surface area contributed by atoms with E-state index in [1.165, 1.54) is 19.2 Å². The van der Waals surface area contributed by atoms with E-state index >= 15 is 0 Å². The Hall–Kier alpha value is -2.47. The Morgan fingerprint density at radius 1 is 1.09 bits per heavy atom. The van der Waals surface area contributed by atoms with Crippen LogP contribution in [0, 0.1) is 6.92 Å². The van der Waals surface area contributed by atoms with Gasteiger partial charge in [0.1, 0.15) is 5.75 Å². The number of anilines is 1. The molecule has 114 valence electrons. The second kappa shape index (κ2) is 5.06. The van der Waals surface area contributed by atoms with Gasteiger partial charge in [0, 0.05) is 17.4 Å². The van der Waals surface area contributed by atoms with Crippen molar-refractivity contribution >= 4 is 21.0 Å². The topological polar surface area (TPSA) is 73.8 Å². The van der Waals surface area contributed by atoms with Gasteiger partial charge in [0.05, 0.1) is 17.5 Å². The Labute approximate surface area is 128 Å². The average Bonchev–Trinajstić information content (AvgIpc) is 2.79. The van der Waals surface area contributed by atoms with Gasteiger partial charge in [-0.15, -0.1) is 0 Å². The number of aromatic nitrogens is 1. The zero-order valence-corrected chi connectivity index (χ0v) is 13.1. The fraction of sp³-hybridized carbons (Fsp3) is 0.125. The van der Waals surface area contributed by atoms with Crippen LogP contribution >= 0.6 is 0 Å². The van der Waals surface area contributed by atoms with Gasteiger partial charge >= 0.3 is 0 Å². The monoisotopic (exact) mass is 316 g/mol. The van der Waals surface area contributed by atoms with Crippen LogP contribution in [0.1, 0.15) is 5.56 Å². The number of nitrogens with zero attached hydrogens (tertiary/aromatic N) is 1. The standard InChI is InChI=1S/C16H16N2O3S/c1-11-15(21-2)14-5-3-4-10-18(14)16(11)22(19,20)13-8-6-12(17)7-9-13/h3-10H,17H2,1-2H3. The van der Waals surface area contributed by atoms with Crippen molar-refractivity contribution in [1.82, 2.24) is 4.40 Å². The number of fused-ring (bicyclic) bond motifs is 1. The average molecular weight is 316 g/mol. The van der Waals surface area contributed by atoms with E-state index < -0.39 is 9.84 Å². The van der Waals surface area contributed by atoms with Crippen LogP contribution in [0.5, 0.6) is 5.75 Å². The van der Waals surface area contributed by atoms with E-state index in [9.17, 15) is 8.42 Å². The molecule has 0 spiro atoms. The van der Waals surface area contributed by atoms with Gasteiger partial charge in [-0.1, -0.05) is 6.07 Å². The minimum Gasteiger partial charge on any atom is -0.494 e. The van der Waals surface area contributed by atoms with Crippen molar-refractivity contribution < 1.29 is 13.2 Å². The van der Waals surface area contributed by atoms with Crippen molar-refractivity contribution in [2.45, 2.75) is 16.8 Å². The molecule has 0 saturated carbocycles. The molecule has 1 aromatic carbocycles. The molecule has 0 aliphatic rings. The van der Waals surface area contributed by atoms with Crippen molar-refractivity contribution in [1.29, 1.82) is 0 Å². The Kier molecular flexibility index (Phi) is 3.33. The SMILES string of the molecule is COc1c(C)c(S(=O)(=O)c2ccc(N)cc2)n2ccccc12. The van der Waals surface area contributed by atoms with Crippen molar-refractivity contribution in [2.75, 3.05) is 12.8 Å². The van der Waals surface area contributed by atoms with Gasteiger partial charge < -0.3 is 14.9 Å². The lowest BCUT2D eigenvalue weighted by atomic mass is 10.3. The van der Waals surface area contributed by atoms with Gasteiger partial charge in [-0.05, 0) is 43.3 Å². The van der Waals surface area contributed by atoms with Gasteiger partial charge in [-0.3, -0.25) is 0 Å². The maximum absolute atomic E-state index is 13.0. The van der Waals surface area contributed by atoms with Crippen LogP contribution < -0.4 is 10.5 Å². The summed E-state index contributed by atoms with van der Waals surface area (Å²) in [7, 11) is -2.14. The normalized spacial score (nSPS) is 11.7. The van der Waals surface area contributed by atoms with E-state index in [1.54, 1.807) is 35.7 Å². The number of benzene rings is 1. The number of ether oxygens (including phenoxy) is 1. The Bertz CT molecular complexity index is 941. The molecule has 0 atom stereocenters. The number of hydrogen-bond acceptors (Lipinski definition) is 4. The first-order chi connectivity index (χ1) is 10.5. The zero-order valence-electron chi connectivity index (χ0n) is 12.3. The second-order valence-electron chi connectivity index (χ2n) is 4.99. The molecule has 2 N–H and O–H groups in total. The Morgan fingerprint density at radius 3 is 2.41 bits per heavy atom. The molecular formula is C16H16N2O3S. The van der Waals surface area contributed by atoms with Crippen LogP contribution in [0.4, 0.5) is 5.69 Å². The summed E-state index contributed by atoms with van der Waals surface area (Å²) in [5.74, 6) is 0.564. The van der Waals surface area contributed by atoms with Gasteiger partial charge in [-0.2, -0.15) is 0 Å². The first-order valence-corrected chi connectivity index (χ1v) is 8.19. The predicted molar refractivity (Wildman–Crippen MR) is 85.0 cm³/mol. The Balaban J connectivity index is 2.34. The first-order valence-electron chi connectivity index (χ1n) is 6.71. The summed E-state index contributed by atoms with van der Waals surface area (Å²) in [6, 6.07) is 11.6. The zero-order chi connectivity index (χ0) is 15.9. The lowest BCUT2D eigenvalue weighted by Gasteiger charge is -2.07. The van der Waals surface area contributed by atoms with Crippen LogP contribution in [0.15, 0.2) is 58.6 Å². The van der Waals surface area contributed by atoms with Gasteiger partial charge in [0.15, 0.2) is 5.03 Å². The highest BCUT2D eigenvalue weighted by Crippen LogP contribution is 2.35. The number of nitrogens with two attached hydrogens (primary N) is 1. The molecule has 0 aliphatic carbocycles. The van der Waals surface area contributed by atoms with Crippen molar-refractivity contribution in [3.63, 3.8) is 0 Å². The predicted octanol–water partition coefficient (Wildman–Crippen LogP) is 2.67. The van der Waals surface area contributed by atoms with E-state index in [-0.39, 0.29) is 9.92 Å². The summed E-state index contributed by atoms with van der Waals surface area (Å²) in [4.78, 5) is 0.204. The number of pyridine rings is 1. The molecule has 22 heavy (non-hydrogen) atoms. The fourth-order valence-electron chi connectivity index (χ4n) is 2.62. The third-order valence-electron chi connectivity index (χ3n) is 3.62. The van der Waals surface area contributed by atoms with Crippen molar-refractivity contribution in [2.24, 2.45) is 0 Å². The minimum absolute atomic E-state index is 0.204. The maximum atomic E-state index is 13.0. The molecular weight excluding hydrogens is 300 g/mol. The molecule has 0 radical (unpaired) electrons. The van der Waals surface area contributed by atoms with Crippen LogP contribution in [0.25, 0.3) is 5.52 Å². The highest BCUT2D eigenvalue weighted by Gasteiger charge is 2.27. The van der Waals surface area contributed by atoms with Gasteiger partial charge in [0.25, 0.3) is 0 Å². The van der Waals surface area contributed by atoms with Crippen LogP contribution in [-0.4, -0.2) is 19.9 Å². The van der Waals surface area contributed by atoms with E-state index in [2.05, 4.69) is 0 Å². The van der Waals surface area contributed by atoms with E-state index in [0.717, 1.165) is 5.52 Å². The molecule has 2 heterocycles. The Morgan fingerprint density at radius 2 is 1.77 bits per heavy atom. The number of sulfone groups is 1. The molecule has 0 aliphatic heterocycles. The number of rotatable bonds is 3. The van der Waals surface area contributed by atoms with E-state index in [1.807, 2.05) is 12.1 Å². The molecule has 3 rings (SSSR count). The van der Waals surface area contributed by atoms with Crippen LogP contribution in [0.2, 0.25) is 0 Å². The lowest BCUT2D eigenvalue weighted by molar-refractivity contribution is 0.416. The summed E-state index contributed by atoms with van der Waals surface area (Å²) in [6.45, 7) is 1.75. The minimum atomic E-state index is -3.67. The molecule has 0 unspecified atom stereocenters. The highest BCUT2D eigenvalue weighted by atomic mass is 32.2. The highest BCUT2D eigenvalue weighted by molar-refractivity contribution is 7.91. The summed E-state index contributed by atoms with van der Waals surface area (Å²) in [5, 5.41) is 0.213. The molecule has 5 nitrogen and oxygen atoms in total. The number of methoxy groups -OCH3 is 1. The lowest BCUT2D eigenvalue weighted by Crippen LogP contribution is -2.07. The summed E-state index contributed by atoms with van der Waals surface area (Å²) in [6.07, 6.45) is 1.72. The molecule has 6 heteroatoms. The van der Waals surface area contributed by atoms with E-state index in [0.29, 0.717) is 17.0 Å². The summed E-state index contributed by atoms with van der Waals surface area (Å²) < 4.78 is 33.0. The third-order valence-corrected chi connectivity index (χ3v) is 5.53. The van der Waals surface area contributed by atoms with Crippen LogP contribution in [0.3, 0.4) is 0 Å². The van der Waals surface area contributed by atoms with Gasteiger partial charge in [0.2, 0.25) is 9.84 Å². The molecule has 0 saturated heterocycles. The smallest absolute Gasteiger partial charge is 0.222 e. The largest absolute Gasteiger partial charge is 0.494 e. The van der Waals surface area contributed by atoms with Crippen molar-refractivity contribution in [3.8, 4) is 5.75 Å². The molecule has 0 bridgehead atoms. The van der Waals surface area contributed by atoms with Crippen LogP contribution in [-0.2, 0) is 9.84 Å². The summed E-state index contributed by atoms with van der Waals surface area (Å²) >= 11 is 0. The third kappa shape index (κ3) is 2.03. The molecule has 2 aromatic heterocycles. The number of nitrogen functional groups attached to an aromatic ring is 1. The fourth-order valence-corrected chi connectivity index (χ4v) is 4.25. The number of hydrogen-bond donors (Lipinski definition) is 1.